The Kier molecular flexibility index (Phi) is 3.28. The summed E-state index contributed by atoms with van der Waals surface area (Å²) in [5.74, 6) is 2.00. The molecule has 4 rings (SSSR count). The van der Waals surface area contributed by atoms with Crippen molar-refractivity contribution in [3.05, 3.63) is 0 Å². The van der Waals surface area contributed by atoms with E-state index in [0.29, 0.717) is 17.3 Å². The molecule has 0 amide bonds. The Morgan fingerprint density at radius 3 is 2.53 bits per heavy atom. The highest BCUT2D eigenvalue weighted by Crippen LogP contribution is 2.65. The van der Waals surface area contributed by atoms with E-state index in [1.54, 1.807) is 0 Å². The SMILES string of the molecule is CC(C)C[C@@H](Cl)B1O[C@@H]2C[C@@H]3CC(C3(C)C)[C@]2(C)O1. The van der Waals surface area contributed by atoms with Crippen molar-refractivity contribution in [2.45, 2.75) is 70.9 Å². The maximum atomic E-state index is 6.49. The summed E-state index contributed by atoms with van der Waals surface area (Å²) in [5.41, 5.74) is 0.288. The summed E-state index contributed by atoms with van der Waals surface area (Å²) in [4.78, 5) is 0. The molecule has 2 bridgehead atoms. The first-order chi connectivity index (χ1) is 8.75. The van der Waals surface area contributed by atoms with Gasteiger partial charge in [0, 0.05) is 0 Å². The van der Waals surface area contributed by atoms with Crippen LogP contribution in [0.25, 0.3) is 0 Å². The average Bonchev–Trinajstić information content (AvgIpc) is 2.64. The summed E-state index contributed by atoms with van der Waals surface area (Å²) in [6.45, 7) is 11.4. The summed E-state index contributed by atoms with van der Waals surface area (Å²) in [5, 5.41) is -0.0252. The molecular formula is C15H26BClO2. The third-order valence-corrected chi connectivity index (χ3v) is 6.34. The molecule has 19 heavy (non-hydrogen) atoms. The van der Waals surface area contributed by atoms with Gasteiger partial charge >= 0.3 is 7.12 Å². The van der Waals surface area contributed by atoms with E-state index in [2.05, 4.69) is 34.6 Å². The van der Waals surface area contributed by atoms with Crippen molar-refractivity contribution in [3.8, 4) is 0 Å². The standard InChI is InChI=1S/C15H26BClO2/c1-9(2)6-13(17)16-18-12-8-10-7-11(14(10,3)4)15(12,5)19-16/h9-13H,6-8H2,1-5H3/t10-,11?,12+,13+,15-/m0/s1. The molecule has 0 radical (unpaired) electrons. The van der Waals surface area contributed by atoms with Gasteiger partial charge in [-0.25, -0.2) is 0 Å². The maximum Gasteiger partial charge on any atom is 0.476 e. The van der Waals surface area contributed by atoms with Gasteiger partial charge < -0.3 is 9.31 Å². The highest BCUT2D eigenvalue weighted by Gasteiger charge is 2.68. The number of rotatable bonds is 3. The summed E-state index contributed by atoms with van der Waals surface area (Å²) < 4.78 is 12.5. The first-order valence-corrected chi connectivity index (χ1v) is 8.16. The molecule has 3 saturated carbocycles. The van der Waals surface area contributed by atoms with Gasteiger partial charge in [-0.15, -0.1) is 11.6 Å². The van der Waals surface area contributed by atoms with Gasteiger partial charge in [0.05, 0.1) is 17.0 Å². The molecule has 0 N–H and O–H groups in total. The quantitative estimate of drug-likeness (QED) is 0.578. The molecule has 2 nitrogen and oxygen atoms in total. The fourth-order valence-electron chi connectivity index (χ4n) is 4.61. The van der Waals surface area contributed by atoms with E-state index < -0.39 is 0 Å². The molecule has 5 atom stereocenters. The molecule has 1 heterocycles. The normalized spacial score (nSPS) is 45.0. The van der Waals surface area contributed by atoms with Crippen LogP contribution in [0.15, 0.2) is 0 Å². The lowest BCUT2D eigenvalue weighted by Gasteiger charge is -2.64. The lowest BCUT2D eigenvalue weighted by molar-refractivity contribution is -0.199. The molecule has 0 spiro atoms. The molecule has 4 fully saturated rings. The molecular weight excluding hydrogens is 258 g/mol. The van der Waals surface area contributed by atoms with Gasteiger partial charge in [0.2, 0.25) is 0 Å². The molecule has 4 heteroatoms. The molecule has 0 aromatic rings. The van der Waals surface area contributed by atoms with E-state index in [1.165, 1.54) is 6.42 Å². The van der Waals surface area contributed by atoms with E-state index in [0.717, 1.165) is 18.8 Å². The van der Waals surface area contributed by atoms with E-state index in [9.17, 15) is 0 Å². The van der Waals surface area contributed by atoms with E-state index in [4.69, 9.17) is 20.9 Å². The van der Waals surface area contributed by atoms with Gasteiger partial charge in [-0.2, -0.15) is 0 Å². The molecule has 1 unspecified atom stereocenters. The molecule has 1 saturated heterocycles. The Bertz CT molecular complexity index is 373. The van der Waals surface area contributed by atoms with Crippen molar-refractivity contribution in [2.24, 2.45) is 23.2 Å². The van der Waals surface area contributed by atoms with Crippen LogP contribution in [0.3, 0.4) is 0 Å². The van der Waals surface area contributed by atoms with E-state index >= 15 is 0 Å². The van der Waals surface area contributed by atoms with Crippen LogP contribution < -0.4 is 0 Å². The number of halogens is 1. The van der Waals surface area contributed by atoms with Crippen molar-refractivity contribution < 1.29 is 9.31 Å². The first kappa shape index (κ1) is 14.2. The lowest BCUT2D eigenvalue weighted by Crippen LogP contribution is -2.65. The monoisotopic (exact) mass is 284 g/mol. The molecule has 1 aliphatic heterocycles. The van der Waals surface area contributed by atoms with Gasteiger partial charge in [0.25, 0.3) is 0 Å². The topological polar surface area (TPSA) is 18.5 Å². The number of hydrogen-bond donors (Lipinski definition) is 0. The van der Waals surface area contributed by atoms with Crippen molar-refractivity contribution in [2.75, 3.05) is 0 Å². The Balaban J connectivity index is 1.74. The molecule has 4 aliphatic rings. The van der Waals surface area contributed by atoms with Gasteiger partial charge in [-0.3, -0.25) is 0 Å². The van der Waals surface area contributed by atoms with Crippen molar-refractivity contribution in [1.29, 1.82) is 0 Å². The fourth-order valence-corrected chi connectivity index (χ4v) is 5.08. The highest BCUT2D eigenvalue weighted by atomic mass is 35.5. The zero-order valence-electron chi connectivity index (χ0n) is 12.8. The Morgan fingerprint density at radius 1 is 1.26 bits per heavy atom. The van der Waals surface area contributed by atoms with Crippen LogP contribution in [0.4, 0.5) is 0 Å². The molecule has 3 aliphatic carbocycles. The minimum Gasteiger partial charge on any atom is -0.404 e. The fraction of sp³-hybridized carbons (Fsp3) is 1.00. The van der Waals surface area contributed by atoms with Crippen LogP contribution in [0.2, 0.25) is 0 Å². The van der Waals surface area contributed by atoms with Crippen molar-refractivity contribution in [1.82, 2.24) is 0 Å². The van der Waals surface area contributed by atoms with E-state index in [1.807, 2.05) is 0 Å². The Morgan fingerprint density at radius 2 is 1.95 bits per heavy atom. The molecule has 108 valence electrons. The summed E-state index contributed by atoms with van der Waals surface area (Å²) in [7, 11) is -0.214. The predicted octanol–water partition coefficient (Wildman–Crippen LogP) is 3.91. The van der Waals surface area contributed by atoms with Gasteiger partial charge in [-0.1, -0.05) is 27.7 Å². The molecule has 0 aromatic heterocycles. The Labute approximate surface area is 122 Å². The lowest BCUT2D eigenvalue weighted by atomic mass is 9.43. The minimum absolute atomic E-state index is 0.0252. The van der Waals surface area contributed by atoms with E-state index in [-0.39, 0.29) is 24.1 Å². The second kappa shape index (κ2) is 4.38. The largest absolute Gasteiger partial charge is 0.476 e. The van der Waals surface area contributed by atoms with Crippen LogP contribution in [-0.2, 0) is 9.31 Å². The zero-order valence-corrected chi connectivity index (χ0v) is 13.5. The Hall–Kier alpha value is 0.275. The summed E-state index contributed by atoms with van der Waals surface area (Å²) in [6.07, 6.45) is 3.64. The van der Waals surface area contributed by atoms with Crippen LogP contribution in [0.5, 0.6) is 0 Å². The zero-order chi connectivity index (χ0) is 14.0. The summed E-state index contributed by atoms with van der Waals surface area (Å²) in [6, 6.07) is 0. The third kappa shape index (κ3) is 1.99. The van der Waals surface area contributed by atoms with Gasteiger partial charge in [0.1, 0.15) is 0 Å². The van der Waals surface area contributed by atoms with Crippen molar-refractivity contribution in [3.63, 3.8) is 0 Å². The predicted molar refractivity (Wildman–Crippen MR) is 79.2 cm³/mol. The first-order valence-electron chi connectivity index (χ1n) is 7.72. The third-order valence-electron chi connectivity index (χ3n) is 5.96. The second-order valence-corrected chi connectivity index (χ2v) is 8.54. The van der Waals surface area contributed by atoms with Gasteiger partial charge in [0.15, 0.2) is 0 Å². The van der Waals surface area contributed by atoms with Crippen LogP contribution in [0.1, 0.15) is 53.9 Å². The number of alkyl halides is 1. The van der Waals surface area contributed by atoms with Crippen LogP contribution in [-0.4, -0.2) is 24.1 Å². The smallest absolute Gasteiger partial charge is 0.404 e. The van der Waals surface area contributed by atoms with Crippen LogP contribution >= 0.6 is 11.6 Å². The summed E-state index contributed by atoms with van der Waals surface area (Å²) >= 11 is 6.49. The average molecular weight is 285 g/mol. The van der Waals surface area contributed by atoms with Crippen molar-refractivity contribution >= 4 is 18.7 Å². The maximum absolute atomic E-state index is 6.49. The molecule has 0 aromatic carbocycles. The second-order valence-electron chi connectivity index (χ2n) is 7.98. The number of hydrogen-bond acceptors (Lipinski definition) is 2. The van der Waals surface area contributed by atoms with Crippen LogP contribution in [0, 0.1) is 23.2 Å². The van der Waals surface area contributed by atoms with Gasteiger partial charge in [-0.05, 0) is 49.4 Å². The minimum atomic E-state index is -0.214. The highest BCUT2D eigenvalue weighted by molar-refractivity contribution is 6.59.